The Morgan fingerprint density at radius 2 is 1.53 bits per heavy atom. The van der Waals surface area contributed by atoms with Crippen molar-refractivity contribution >= 4 is 27.3 Å². The van der Waals surface area contributed by atoms with Gasteiger partial charge in [-0.15, -0.1) is 0 Å². The Labute approximate surface area is 212 Å². The number of anilines is 2. The lowest BCUT2D eigenvalue weighted by Gasteiger charge is -2.37. The molecule has 0 saturated carbocycles. The average Bonchev–Trinajstić information content (AvgIpc) is 2.89. The lowest BCUT2D eigenvalue weighted by atomic mass is 10.1. The van der Waals surface area contributed by atoms with Gasteiger partial charge in [0.25, 0.3) is 15.9 Å². The molecule has 9 heteroatoms. The topological polar surface area (TPSA) is 88.2 Å². The van der Waals surface area contributed by atoms with Crippen LogP contribution < -0.4 is 19.1 Å². The van der Waals surface area contributed by atoms with Crippen LogP contribution in [0.5, 0.6) is 11.5 Å². The first-order valence-corrected chi connectivity index (χ1v) is 13.2. The predicted octanol–water partition coefficient (Wildman–Crippen LogP) is 3.84. The SMILES string of the molecule is COc1ccc(NS(=O)(=O)c2ccc(OCC(=O)N3CCN(c4cccc(C)c4C)CC3)cc2)cc1. The van der Waals surface area contributed by atoms with Gasteiger partial charge in [0, 0.05) is 37.6 Å². The van der Waals surface area contributed by atoms with Crippen LogP contribution in [0.3, 0.4) is 0 Å². The van der Waals surface area contributed by atoms with E-state index in [0.29, 0.717) is 30.3 Å². The van der Waals surface area contributed by atoms with E-state index < -0.39 is 10.0 Å². The van der Waals surface area contributed by atoms with Gasteiger partial charge in [-0.05, 0) is 79.6 Å². The van der Waals surface area contributed by atoms with Gasteiger partial charge in [0.15, 0.2) is 6.61 Å². The summed E-state index contributed by atoms with van der Waals surface area (Å²) in [5.41, 5.74) is 4.18. The summed E-state index contributed by atoms with van der Waals surface area (Å²) in [7, 11) is -2.21. The van der Waals surface area contributed by atoms with Crippen LogP contribution >= 0.6 is 0 Å². The van der Waals surface area contributed by atoms with E-state index in [1.54, 1.807) is 48.4 Å². The molecule has 1 amide bonds. The molecule has 3 aromatic carbocycles. The van der Waals surface area contributed by atoms with E-state index in [0.717, 1.165) is 13.1 Å². The van der Waals surface area contributed by atoms with E-state index >= 15 is 0 Å². The van der Waals surface area contributed by atoms with E-state index in [2.05, 4.69) is 41.7 Å². The third kappa shape index (κ3) is 5.91. The van der Waals surface area contributed by atoms with Crippen molar-refractivity contribution in [3.05, 3.63) is 77.9 Å². The molecule has 1 heterocycles. The highest BCUT2D eigenvalue weighted by Gasteiger charge is 2.23. The number of ether oxygens (including phenoxy) is 2. The molecular weight excluding hydrogens is 478 g/mol. The van der Waals surface area contributed by atoms with Crippen LogP contribution in [0.25, 0.3) is 0 Å². The number of benzene rings is 3. The highest BCUT2D eigenvalue weighted by atomic mass is 32.2. The van der Waals surface area contributed by atoms with E-state index in [1.807, 2.05) is 0 Å². The first kappa shape index (κ1) is 25.4. The van der Waals surface area contributed by atoms with Crippen molar-refractivity contribution < 1.29 is 22.7 Å². The Kier molecular flexibility index (Phi) is 7.69. The molecule has 1 aliphatic heterocycles. The maximum Gasteiger partial charge on any atom is 0.261 e. The molecule has 0 radical (unpaired) electrons. The summed E-state index contributed by atoms with van der Waals surface area (Å²) >= 11 is 0. The zero-order valence-electron chi connectivity index (χ0n) is 20.7. The van der Waals surface area contributed by atoms with Crippen molar-refractivity contribution in [3.8, 4) is 11.5 Å². The number of methoxy groups -OCH3 is 1. The van der Waals surface area contributed by atoms with Crippen LogP contribution in [0.4, 0.5) is 11.4 Å². The molecule has 0 spiro atoms. The van der Waals surface area contributed by atoms with Crippen molar-refractivity contribution in [1.82, 2.24) is 4.90 Å². The van der Waals surface area contributed by atoms with Gasteiger partial charge in [0.05, 0.1) is 12.0 Å². The van der Waals surface area contributed by atoms with Gasteiger partial charge in [-0.25, -0.2) is 8.42 Å². The lowest BCUT2D eigenvalue weighted by molar-refractivity contribution is -0.133. The van der Waals surface area contributed by atoms with Crippen molar-refractivity contribution in [2.45, 2.75) is 18.7 Å². The van der Waals surface area contributed by atoms with Gasteiger partial charge < -0.3 is 19.3 Å². The third-order valence-electron chi connectivity index (χ3n) is 6.39. The quantitative estimate of drug-likeness (QED) is 0.497. The van der Waals surface area contributed by atoms with Gasteiger partial charge in [-0.1, -0.05) is 12.1 Å². The molecule has 4 rings (SSSR count). The lowest BCUT2D eigenvalue weighted by Crippen LogP contribution is -2.50. The first-order chi connectivity index (χ1) is 17.3. The number of hydrogen-bond acceptors (Lipinski definition) is 6. The van der Waals surface area contributed by atoms with Crippen molar-refractivity contribution in [1.29, 1.82) is 0 Å². The number of sulfonamides is 1. The highest BCUT2D eigenvalue weighted by Crippen LogP contribution is 2.24. The van der Waals surface area contributed by atoms with Gasteiger partial charge >= 0.3 is 0 Å². The Morgan fingerprint density at radius 3 is 2.17 bits per heavy atom. The number of piperazine rings is 1. The number of carbonyl (C=O) groups excluding carboxylic acids is 1. The van der Waals surface area contributed by atoms with Gasteiger partial charge in [-0.3, -0.25) is 9.52 Å². The van der Waals surface area contributed by atoms with E-state index in [1.165, 1.54) is 28.9 Å². The molecular formula is C27H31N3O5S. The monoisotopic (exact) mass is 509 g/mol. The second-order valence-electron chi connectivity index (χ2n) is 8.68. The molecule has 1 aliphatic rings. The predicted molar refractivity (Wildman–Crippen MR) is 140 cm³/mol. The molecule has 0 atom stereocenters. The van der Waals surface area contributed by atoms with Crippen LogP contribution in [0.2, 0.25) is 0 Å². The number of aryl methyl sites for hydroxylation is 1. The summed E-state index contributed by atoms with van der Waals surface area (Å²) in [5.74, 6) is 0.978. The fourth-order valence-electron chi connectivity index (χ4n) is 4.10. The van der Waals surface area contributed by atoms with E-state index in [9.17, 15) is 13.2 Å². The van der Waals surface area contributed by atoms with Crippen LogP contribution in [0.15, 0.2) is 71.6 Å². The maximum absolute atomic E-state index is 12.7. The summed E-state index contributed by atoms with van der Waals surface area (Å²) in [5, 5.41) is 0. The van der Waals surface area contributed by atoms with Crippen LogP contribution in [-0.4, -0.2) is 59.1 Å². The molecule has 8 nitrogen and oxygen atoms in total. The number of carbonyl (C=O) groups is 1. The third-order valence-corrected chi connectivity index (χ3v) is 7.78. The van der Waals surface area contributed by atoms with Gasteiger partial charge in [0.2, 0.25) is 0 Å². The number of nitrogens with zero attached hydrogens (tertiary/aromatic N) is 2. The fraction of sp³-hybridized carbons (Fsp3) is 0.296. The van der Waals surface area contributed by atoms with Crippen LogP contribution in [0.1, 0.15) is 11.1 Å². The van der Waals surface area contributed by atoms with E-state index in [-0.39, 0.29) is 17.4 Å². The minimum Gasteiger partial charge on any atom is -0.497 e. The summed E-state index contributed by atoms with van der Waals surface area (Å²) in [6, 6.07) is 18.9. The fourth-order valence-corrected chi connectivity index (χ4v) is 5.16. The zero-order valence-corrected chi connectivity index (χ0v) is 21.5. The number of rotatable bonds is 8. The van der Waals surface area contributed by atoms with Crippen molar-refractivity contribution in [3.63, 3.8) is 0 Å². The van der Waals surface area contributed by atoms with E-state index in [4.69, 9.17) is 9.47 Å². The maximum atomic E-state index is 12.7. The first-order valence-electron chi connectivity index (χ1n) is 11.8. The Balaban J connectivity index is 1.28. The normalized spacial score (nSPS) is 13.9. The number of nitrogens with one attached hydrogen (secondary N) is 1. The summed E-state index contributed by atoms with van der Waals surface area (Å²) in [4.78, 5) is 16.9. The summed E-state index contributed by atoms with van der Waals surface area (Å²) in [6.45, 7) is 6.93. The minimum absolute atomic E-state index is 0.0894. The molecule has 190 valence electrons. The largest absolute Gasteiger partial charge is 0.497 e. The molecule has 1 fully saturated rings. The summed E-state index contributed by atoms with van der Waals surface area (Å²) in [6.07, 6.45) is 0. The van der Waals surface area contributed by atoms with Crippen LogP contribution in [-0.2, 0) is 14.8 Å². The Morgan fingerprint density at radius 1 is 0.889 bits per heavy atom. The van der Waals surface area contributed by atoms with Gasteiger partial charge in [-0.2, -0.15) is 0 Å². The molecule has 0 unspecified atom stereocenters. The number of amides is 1. The van der Waals surface area contributed by atoms with Crippen molar-refractivity contribution in [2.24, 2.45) is 0 Å². The summed E-state index contributed by atoms with van der Waals surface area (Å²) < 4.78 is 38.6. The molecule has 0 bridgehead atoms. The van der Waals surface area contributed by atoms with Crippen LogP contribution in [0, 0.1) is 13.8 Å². The molecule has 36 heavy (non-hydrogen) atoms. The minimum atomic E-state index is -3.76. The molecule has 3 aromatic rings. The average molecular weight is 510 g/mol. The zero-order chi connectivity index (χ0) is 25.7. The molecule has 1 saturated heterocycles. The van der Waals surface area contributed by atoms with Crippen molar-refractivity contribution in [2.75, 3.05) is 49.5 Å². The molecule has 1 N–H and O–H groups in total. The Bertz CT molecular complexity index is 1300. The molecule has 0 aliphatic carbocycles. The standard InChI is InChI=1S/C27H31N3O5S/c1-20-5-4-6-26(21(20)2)29-15-17-30(18-16-29)27(31)19-35-24-11-13-25(14-12-24)36(32,33)28-22-7-9-23(34-3)10-8-22/h4-14,28H,15-19H2,1-3H3. The van der Waals surface area contributed by atoms with Gasteiger partial charge in [0.1, 0.15) is 11.5 Å². The number of hydrogen-bond donors (Lipinski definition) is 1. The Hall–Kier alpha value is -3.72. The second-order valence-corrected chi connectivity index (χ2v) is 10.4. The highest BCUT2D eigenvalue weighted by molar-refractivity contribution is 7.92. The second kappa shape index (κ2) is 10.9. The molecule has 0 aromatic heterocycles. The smallest absolute Gasteiger partial charge is 0.261 e.